The normalized spacial score (nSPS) is 10.6. The Morgan fingerprint density at radius 3 is 2.78 bits per heavy atom. The third-order valence-electron chi connectivity index (χ3n) is 3.58. The van der Waals surface area contributed by atoms with E-state index in [-0.39, 0.29) is 0 Å². The van der Waals surface area contributed by atoms with E-state index in [0.29, 0.717) is 12.5 Å². The van der Waals surface area contributed by atoms with Crippen LogP contribution in [0.2, 0.25) is 0 Å². The number of rotatable bonds is 5. The van der Waals surface area contributed by atoms with E-state index < -0.39 is 0 Å². The summed E-state index contributed by atoms with van der Waals surface area (Å²) in [6.07, 6.45) is 7.35. The number of nitrogens with zero attached hydrogens (tertiary/aromatic N) is 5. The molecule has 0 atom stereocenters. The first-order valence-electron chi connectivity index (χ1n) is 7.46. The largest absolute Gasteiger partial charge is 0.362 e. The summed E-state index contributed by atoms with van der Waals surface area (Å²) in [5.74, 6) is 1.55. The van der Waals surface area contributed by atoms with Crippen LogP contribution in [-0.2, 0) is 6.54 Å². The van der Waals surface area contributed by atoms with Gasteiger partial charge in [-0.3, -0.25) is 0 Å². The van der Waals surface area contributed by atoms with Crippen molar-refractivity contribution in [2.75, 3.05) is 24.3 Å². The average Bonchev–Trinajstić information content (AvgIpc) is 3.08. The van der Waals surface area contributed by atoms with Crippen molar-refractivity contribution >= 4 is 11.8 Å². The van der Waals surface area contributed by atoms with E-state index in [1.807, 2.05) is 55.0 Å². The summed E-state index contributed by atoms with van der Waals surface area (Å²) in [6, 6.07) is 8.20. The van der Waals surface area contributed by atoms with Gasteiger partial charge in [-0.05, 0) is 18.6 Å². The predicted molar refractivity (Wildman–Crippen MR) is 92.0 cm³/mol. The van der Waals surface area contributed by atoms with Gasteiger partial charge in [-0.25, -0.2) is 9.97 Å². The summed E-state index contributed by atoms with van der Waals surface area (Å²) < 4.78 is 2.00. The number of hydrogen-bond acceptors (Lipinski definition) is 5. The maximum atomic E-state index is 4.56. The van der Waals surface area contributed by atoms with Crippen molar-refractivity contribution in [1.82, 2.24) is 19.5 Å². The molecule has 0 spiro atoms. The van der Waals surface area contributed by atoms with E-state index in [1.165, 1.54) is 0 Å². The fraction of sp³-hybridized carbons (Fsp3) is 0.235. The highest BCUT2D eigenvalue weighted by Gasteiger charge is 2.07. The quantitative estimate of drug-likeness (QED) is 0.785. The second-order valence-corrected chi connectivity index (χ2v) is 5.55. The second kappa shape index (κ2) is 6.48. The number of benzene rings is 1. The molecular weight excluding hydrogens is 288 g/mol. The third kappa shape index (κ3) is 3.31. The van der Waals surface area contributed by atoms with Crippen molar-refractivity contribution in [1.29, 1.82) is 0 Å². The van der Waals surface area contributed by atoms with E-state index >= 15 is 0 Å². The second-order valence-electron chi connectivity index (χ2n) is 5.55. The fourth-order valence-corrected chi connectivity index (χ4v) is 2.46. The molecular formula is C17H20N6. The molecule has 1 aromatic carbocycles. The van der Waals surface area contributed by atoms with Crippen molar-refractivity contribution in [3.05, 3.63) is 60.3 Å². The number of hydrogen-bond donors (Lipinski definition) is 1. The van der Waals surface area contributed by atoms with Crippen LogP contribution < -0.4 is 10.2 Å². The van der Waals surface area contributed by atoms with Crippen LogP contribution in [0.3, 0.4) is 0 Å². The minimum atomic E-state index is 0.625. The molecule has 118 valence electrons. The van der Waals surface area contributed by atoms with Gasteiger partial charge in [0.1, 0.15) is 5.82 Å². The van der Waals surface area contributed by atoms with Crippen LogP contribution in [0.1, 0.15) is 11.1 Å². The van der Waals surface area contributed by atoms with Crippen LogP contribution in [0.5, 0.6) is 0 Å². The molecule has 3 rings (SSSR count). The highest BCUT2D eigenvalue weighted by Crippen LogP contribution is 2.18. The lowest BCUT2D eigenvalue weighted by atomic mass is 10.1. The van der Waals surface area contributed by atoms with E-state index in [4.69, 9.17) is 0 Å². The van der Waals surface area contributed by atoms with Crippen molar-refractivity contribution < 1.29 is 0 Å². The molecule has 0 radical (unpaired) electrons. The Balaban J connectivity index is 1.81. The Hall–Kier alpha value is -2.89. The Morgan fingerprint density at radius 2 is 2.04 bits per heavy atom. The monoisotopic (exact) mass is 308 g/mol. The van der Waals surface area contributed by atoms with Crippen LogP contribution >= 0.6 is 0 Å². The van der Waals surface area contributed by atoms with Crippen molar-refractivity contribution in [3.63, 3.8) is 0 Å². The number of nitrogens with one attached hydrogen (secondary N) is 1. The van der Waals surface area contributed by atoms with Gasteiger partial charge in [-0.2, -0.15) is 4.98 Å². The van der Waals surface area contributed by atoms with Crippen LogP contribution in [0, 0.1) is 6.92 Å². The van der Waals surface area contributed by atoms with Crippen LogP contribution in [0.25, 0.3) is 5.69 Å². The first-order valence-corrected chi connectivity index (χ1v) is 7.46. The molecule has 0 bridgehead atoms. The van der Waals surface area contributed by atoms with Gasteiger partial charge in [0.2, 0.25) is 5.95 Å². The van der Waals surface area contributed by atoms with E-state index in [2.05, 4.69) is 32.4 Å². The van der Waals surface area contributed by atoms with Crippen LogP contribution in [0.15, 0.2) is 49.2 Å². The summed E-state index contributed by atoms with van der Waals surface area (Å²) in [7, 11) is 3.96. The Kier molecular flexibility index (Phi) is 4.23. The first-order chi connectivity index (χ1) is 11.1. The smallest absolute Gasteiger partial charge is 0.224 e. The molecule has 0 fully saturated rings. The number of aryl methyl sites for hydroxylation is 1. The van der Waals surface area contributed by atoms with Gasteiger partial charge in [0.25, 0.3) is 0 Å². The molecule has 0 saturated carbocycles. The number of anilines is 2. The average molecular weight is 308 g/mol. The summed E-state index contributed by atoms with van der Waals surface area (Å²) in [6.45, 7) is 2.65. The predicted octanol–water partition coefficient (Wildman–Crippen LogP) is 2.65. The standard InChI is InChI=1S/C17H20N6/c1-13-10-19-17(21-16(13)22(2)3)20-11-14-6-4-5-7-15(14)23-9-8-18-12-23/h4-10,12H,11H2,1-3H3,(H,19,20,21). The molecule has 1 N–H and O–H groups in total. The minimum Gasteiger partial charge on any atom is -0.362 e. The number of para-hydroxylation sites is 1. The molecule has 2 aromatic heterocycles. The zero-order chi connectivity index (χ0) is 16.2. The molecule has 0 unspecified atom stereocenters. The number of aromatic nitrogens is 4. The highest BCUT2D eigenvalue weighted by atomic mass is 15.2. The summed E-state index contributed by atoms with van der Waals surface area (Å²) >= 11 is 0. The van der Waals surface area contributed by atoms with Gasteiger partial charge in [-0.1, -0.05) is 18.2 Å². The van der Waals surface area contributed by atoms with Crippen molar-refractivity contribution in [2.24, 2.45) is 0 Å². The van der Waals surface area contributed by atoms with Gasteiger partial charge < -0.3 is 14.8 Å². The van der Waals surface area contributed by atoms with Gasteiger partial charge in [0.05, 0.1) is 12.0 Å². The van der Waals surface area contributed by atoms with Crippen molar-refractivity contribution in [3.8, 4) is 5.69 Å². The summed E-state index contributed by atoms with van der Waals surface area (Å²) in [5.41, 5.74) is 3.30. The zero-order valence-electron chi connectivity index (χ0n) is 13.6. The van der Waals surface area contributed by atoms with E-state index in [0.717, 1.165) is 22.6 Å². The van der Waals surface area contributed by atoms with Crippen LogP contribution in [0.4, 0.5) is 11.8 Å². The minimum absolute atomic E-state index is 0.625. The van der Waals surface area contributed by atoms with Gasteiger partial charge in [0.15, 0.2) is 0 Å². The summed E-state index contributed by atoms with van der Waals surface area (Å²) in [5, 5.41) is 3.30. The molecule has 3 aromatic rings. The van der Waals surface area contributed by atoms with Gasteiger partial charge in [-0.15, -0.1) is 0 Å². The van der Waals surface area contributed by atoms with Gasteiger partial charge >= 0.3 is 0 Å². The maximum Gasteiger partial charge on any atom is 0.224 e. The first kappa shape index (κ1) is 15.0. The zero-order valence-corrected chi connectivity index (χ0v) is 13.6. The maximum absolute atomic E-state index is 4.56. The van der Waals surface area contributed by atoms with E-state index in [1.54, 1.807) is 12.5 Å². The lowest BCUT2D eigenvalue weighted by Crippen LogP contribution is -2.14. The van der Waals surface area contributed by atoms with Gasteiger partial charge in [0, 0.05) is 44.8 Å². The lowest BCUT2D eigenvalue weighted by molar-refractivity contribution is 0.971. The SMILES string of the molecule is Cc1cnc(NCc2ccccc2-n2ccnc2)nc1N(C)C. The topological polar surface area (TPSA) is 58.9 Å². The molecule has 23 heavy (non-hydrogen) atoms. The molecule has 2 heterocycles. The van der Waals surface area contributed by atoms with Crippen LogP contribution in [-0.4, -0.2) is 33.6 Å². The summed E-state index contributed by atoms with van der Waals surface area (Å²) in [4.78, 5) is 15.0. The van der Waals surface area contributed by atoms with E-state index in [9.17, 15) is 0 Å². The molecule has 6 heteroatoms. The number of imidazole rings is 1. The molecule has 0 amide bonds. The molecule has 0 aliphatic rings. The molecule has 0 saturated heterocycles. The highest BCUT2D eigenvalue weighted by molar-refractivity contribution is 5.48. The molecule has 0 aliphatic carbocycles. The van der Waals surface area contributed by atoms with Crippen molar-refractivity contribution in [2.45, 2.75) is 13.5 Å². The Morgan fingerprint density at radius 1 is 1.22 bits per heavy atom. The Labute approximate surface area is 135 Å². The Bertz CT molecular complexity index is 780. The molecule has 0 aliphatic heterocycles. The fourth-order valence-electron chi connectivity index (χ4n) is 2.46. The lowest BCUT2D eigenvalue weighted by Gasteiger charge is -2.16. The third-order valence-corrected chi connectivity index (χ3v) is 3.58. The molecule has 6 nitrogen and oxygen atoms in total.